The first-order valence-corrected chi connectivity index (χ1v) is 8.87. The van der Waals surface area contributed by atoms with Crippen molar-refractivity contribution in [1.29, 1.82) is 0 Å². The summed E-state index contributed by atoms with van der Waals surface area (Å²) in [4.78, 5) is 13.2. The van der Waals surface area contributed by atoms with Crippen LogP contribution in [-0.4, -0.2) is 36.2 Å². The van der Waals surface area contributed by atoms with Gasteiger partial charge in [0.05, 0.1) is 11.9 Å². The first-order chi connectivity index (χ1) is 12.9. The summed E-state index contributed by atoms with van der Waals surface area (Å²) < 4.78 is 46.0. The number of carbonyl (C=O) groups is 1. The largest absolute Gasteiger partial charge is 0.490 e. The zero-order chi connectivity index (χ0) is 19.0. The molecule has 3 heterocycles. The third-order valence-electron chi connectivity index (χ3n) is 5.07. The average molecular weight is 380 g/mol. The third kappa shape index (κ3) is 3.69. The predicted molar refractivity (Wildman–Crippen MR) is 89.7 cm³/mol. The van der Waals surface area contributed by atoms with E-state index >= 15 is 0 Å². The molecule has 3 aliphatic rings. The van der Waals surface area contributed by atoms with Gasteiger partial charge in [0.25, 0.3) is 5.91 Å². The summed E-state index contributed by atoms with van der Waals surface area (Å²) >= 11 is 0. The minimum atomic E-state index is -4.69. The van der Waals surface area contributed by atoms with Gasteiger partial charge in [-0.25, -0.2) is 0 Å². The molecule has 1 amide bonds. The maximum absolute atomic E-state index is 13.3. The molecule has 1 unspecified atom stereocenters. The van der Waals surface area contributed by atoms with Gasteiger partial charge in [0.2, 0.25) is 0 Å². The molecule has 0 saturated carbocycles. The second kappa shape index (κ2) is 6.95. The monoisotopic (exact) mass is 380 g/mol. The first kappa shape index (κ1) is 18.0. The Bertz CT molecular complexity index is 800. The summed E-state index contributed by atoms with van der Waals surface area (Å²) in [5.74, 6) is -2.80. The highest BCUT2D eigenvalue weighted by atomic mass is 19.4. The Balaban J connectivity index is 1.51. The van der Waals surface area contributed by atoms with E-state index in [2.05, 4.69) is 15.5 Å². The Morgan fingerprint density at radius 1 is 1.15 bits per heavy atom. The topological polar surface area (TPSA) is 66.3 Å². The van der Waals surface area contributed by atoms with Crippen molar-refractivity contribution in [3.8, 4) is 5.75 Å². The second-order valence-electron chi connectivity index (χ2n) is 6.94. The number of benzene rings is 1. The summed E-state index contributed by atoms with van der Waals surface area (Å²) in [6.07, 6.45) is -1.65. The van der Waals surface area contributed by atoms with E-state index in [9.17, 15) is 18.0 Å². The number of piperidine rings is 1. The molecular formula is C18H19F3N4O2. The Morgan fingerprint density at radius 2 is 1.89 bits per heavy atom. The van der Waals surface area contributed by atoms with E-state index in [4.69, 9.17) is 4.74 Å². The molecule has 1 fully saturated rings. The molecular weight excluding hydrogens is 361 g/mol. The van der Waals surface area contributed by atoms with Gasteiger partial charge >= 0.3 is 6.18 Å². The van der Waals surface area contributed by atoms with E-state index in [0.717, 1.165) is 49.0 Å². The summed E-state index contributed by atoms with van der Waals surface area (Å²) in [5.41, 5.74) is 1.67. The molecule has 0 aromatic heterocycles. The van der Waals surface area contributed by atoms with Crippen LogP contribution in [-0.2, 0) is 17.9 Å². The van der Waals surface area contributed by atoms with Crippen LogP contribution in [0.2, 0.25) is 0 Å². The van der Waals surface area contributed by atoms with Gasteiger partial charge < -0.3 is 15.0 Å². The number of nitrogens with zero attached hydrogens (tertiary/aromatic N) is 3. The molecule has 1 atom stereocenters. The van der Waals surface area contributed by atoms with Crippen LogP contribution < -0.4 is 10.1 Å². The number of hydrogen-bond donors (Lipinski definition) is 1. The molecule has 0 spiro atoms. The highest BCUT2D eigenvalue weighted by molar-refractivity contribution is 5.83. The van der Waals surface area contributed by atoms with Crippen LogP contribution in [0.3, 0.4) is 0 Å². The number of azo groups is 1. The van der Waals surface area contributed by atoms with Gasteiger partial charge in [0.15, 0.2) is 5.92 Å². The lowest BCUT2D eigenvalue weighted by molar-refractivity contribution is -0.177. The highest BCUT2D eigenvalue weighted by Gasteiger charge is 2.50. The van der Waals surface area contributed by atoms with E-state index in [1.807, 2.05) is 18.2 Å². The Hall–Kier alpha value is -2.42. The number of hydrogen-bond acceptors (Lipinski definition) is 5. The maximum Gasteiger partial charge on any atom is 0.406 e. The van der Waals surface area contributed by atoms with Crippen LogP contribution in [0.25, 0.3) is 0 Å². The molecule has 1 saturated heterocycles. The van der Waals surface area contributed by atoms with Gasteiger partial charge in [0.1, 0.15) is 11.9 Å². The van der Waals surface area contributed by atoms with E-state index < -0.39 is 18.0 Å². The van der Waals surface area contributed by atoms with Gasteiger partial charge in [0, 0.05) is 13.1 Å². The zero-order valence-corrected chi connectivity index (χ0v) is 14.5. The lowest BCUT2D eigenvalue weighted by atomic mass is 10.0. The van der Waals surface area contributed by atoms with Crippen LogP contribution in [0.15, 0.2) is 40.3 Å². The van der Waals surface area contributed by atoms with Crippen molar-refractivity contribution < 1.29 is 22.7 Å². The molecule has 4 rings (SSSR count). The Labute approximate surface area is 154 Å². The number of halogens is 3. The van der Waals surface area contributed by atoms with Crippen LogP contribution in [0, 0.1) is 5.92 Å². The molecule has 27 heavy (non-hydrogen) atoms. The second-order valence-corrected chi connectivity index (χ2v) is 6.94. The summed E-state index contributed by atoms with van der Waals surface area (Å²) in [5, 5.41) is 9.79. The van der Waals surface area contributed by atoms with Crippen molar-refractivity contribution in [1.82, 2.24) is 10.2 Å². The lowest BCUT2D eigenvalue weighted by Gasteiger charge is -2.28. The van der Waals surface area contributed by atoms with Crippen LogP contribution >= 0.6 is 0 Å². The van der Waals surface area contributed by atoms with Gasteiger partial charge in [-0.3, -0.25) is 4.79 Å². The third-order valence-corrected chi connectivity index (χ3v) is 5.07. The molecule has 9 heteroatoms. The standard InChI is InChI=1S/C18H19F3N4O2/c19-18(20,21)16-15(8-23-24-17(16)26)25-9-11-1-2-14(7-12(11)10-25)27-13-3-5-22-6-4-13/h1-2,7-8,13,16,22H,3-6,9-10H2. The molecule has 0 aliphatic carbocycles. The van der Waals surface area contributed by atoms with Gasteiger partial charge in [-0.15, -0.1) is 5.11 Å². The highest BCUT2D eigenvalue weighted by Crippen LogP contribution is 2.40. The number of nitrogens with one attached hydrogen (secondary N) is 1. The zero-order valence-electron chi connectivity index (χ0n) is 14.5. The molecule has 1 aromatic rings. The van der Waals surface area contributed by atoms with Crippen LogP contribution in [0.1, 0.15) is 24.0 Å². The van der Waals surface area contributed by atoms with E-state index in [1.165, 1.54) is 4.90 Å². The fraction of sp³-hybridized carbons (Fsp3) is 0.500. The number of rotatable bonds is 3. The van der Waals surface area contributed by atoms with E-state index in [1.54, 1.807) is 0 Å². The Morgan fingerprint density at radius 3 is 2.63 bits per heavy atom. The lowest BCUT2D eigenvalue weighted by Crippen LogP contribution is -2.38. The average Bonchev–Trinajstić information content (AvgIpc) is 3.04. The van der Waals surface area contributed by atoms with Crippen molar-refractivity contribution in [3.05, 3.63) is 41.2 Å². The first-order valence-electron chi connectivity index (χ1n) is 8.87. The molecule has 3 aliphatic heterocycles. The van der Waals surface area contributed by atoms with Crippen LogP contribution in [0.4, 0.5) is 13.2 Å². The fourth-order valence-corrected chi connectivity index (χ4v) is 3.71. The van der Waals surface area contributed by atoms with Crippen molar-refractivity contribution in [2.45, 2.75) is 38.2 Å². The molecule has 1 aromatic carbocycles. The van der Waals surface area contributed by atoms with Gasteiger partial charge in [-0.2, -0.15) is 18.3 Å². The SMILES string of the molecule is O=C1N=NC=C(N2Cc3ccc(OC4CCNCC4)cc3C2)C1C(F)(F)F. The minimum absolute atomic E-state index is 0.149. The summed E-state index contributed by atoms with van der Waals surface area (Å²) in [7, 11) is 0. The predicted octanol–water partition coefficient (Wildman–Crippen LogP) is 3.15. The number of alkyl halides is 3. The minimum Gasteiger partial charge on any atom is -0.490 e. The van der Waals surface area contributed by atoms with Crippen LogP contribution in [0.5, 0.6) is 5.75 Å². The van der Waals surface area contributed by atoms with Gasteiger partial charge in [-0.05, 0) is 49.2 Å². The van der Waals surface area contributed by atoms with E-state index in [-0.39, 0.29) is 18.3 Å². The fourth-order valence-electron chi connectivity index (χ4n) is 3.71. The molecule has 6 nitrogen and oxygen atoms in total. The van der Waals surface area contributed by atoms with Crippen molar-refractivity contribution in [3.63, 3.8) is 0 Å². The maximum atomic E-state index is 13.3. The van der Waals surface area contributed by atoms with Crippen molar-refractivity contribution in [2.75, 3.05) is 13.1 Å². The number of carbonyl (C=O) groups excluding carboxylic acids is 1. The normalized spacial score (nSPS) is 23.4. The quantitative estimate of drug-likeness (QED) is 0.875. The van der Waals surface area contributed by atoms with Gasteiger partial charge in [-0.1, -0.05) is 6.07 Å². The van der Waals surface area contributed by atoms with Crippen molar-refractivity contribution in [2.24, 2.45) is 16.1 Å². The summed E-state index contributed by atoms with van der Waals surface area (Å²) in [6.45, 7) is 2.40. The molecule has 0 bridgehead atoms. The molecule has 144 valence electrons. The number of fused-ring (bicyclic) bond motifs is 1. The number of ether oxygens (including phenoxy) is 1. The summed E-state index contributed by atoms with van der Waals surface area (Å²) in [6, 6.07) is 5.61. The van der Waals surface area contributed by atoms with E-state index in [0.29, 0.717) is 6.54 Å². The molecule has 1 N–H and O–H groups in total. The molecule has 0 radical (unpaired) electrons. The number of amides is 1. The Kier molecular flexibility index (Phi) is 4.63. The van der Waals surface area contributed by atoms with Crippen molar-refractivity contribution >= 4 is 5.91 Å². The smallest absolute Gasteiger partial charge is 0.406 e.